The van der Waals surface area contributed by atoms with Crippen molar-refractivity contribution in [2.24, 2.45) is 5.92 Å². The molecule has 2 rings (SSSR count). The van der Waals surface area contributed by atoms with Crippen LogP contribution in [0.3, 0.4) is 0 Å². The molecule has 23 heavy (non-hydrogen) atoms. The summed E-state index contributed by atoms with van der Waals surface area (Å²) in [7, 11) is 0. The second-order valence-corrected chi connectivity index (χ2v) is 6.32. The standard InChI is InChI=1S/C18H22ClN3O/c1-13(2)11-18(23)22-17-8-7-16(12-21-17)20-10-9-14-3-5-15(19)6-4-14/h3-8,12-13,20H,9-11H2,1-2H3,(H,21,22,23). The molecule has 0 saturated carbocycles. The van der Waals surface area contributed by atoms with Gasteiger partial charge in [-0.05, 0) is 42.2 Å². The summed E-state index contributed by atoms with van der Waals surface area (Å²) < 4.78 is 0. The highest BCUT2D eigenvalue weighted by Gasteiger charge is 2.05. The number of benzene rings is 1. The molecule has 1 amide bonds. The zero-order valence-electron chi connectivity index (χ0n) is 13.5. The number of pyridine rings is 1. The van der Waals surface area contributed by atoms with Gasteiger partial charge >= 0.3 is 0 Å². The van der Waals surface area contributed by atoms with Gasteiger partial charge in [0, 0.05) is 18.0 Å². The Morgan fingerprint density at radius 1 is 1.17 bits per heavy atom. The first kappa shape index (κ1) is 17.3. The fourth-order valence-corrected chi connectivity index (χ4v) is 2.27. The molecule has 122 valence electrons. The molecule has 5 heteroatoms. The monoisotopic (exact) mass is 331 g/mol. The molecular weight excluding hydrogens is 310 g/mol. The highest BCUT2D eigenvalue weighted by atomic mass is 35.5. The molecule has 0 aliphatic heterocycles. The number of halogens is 1. The molecular formula is C18H22ClN3O. The molecule has 1 aromatic heterocycles. The van der Waals surface area contributed by atoms with Crippen molar-refractivity contribution >= 4 is 29.0 Å². The average molecular weight is 332 g/mol. The van der Waals surface area contributed by atoms with Gasteiger partial charge in [-0.2, -0.15) is 0 Å². The predicted molar refractivity (Wildman–Crippen MR) is 96.0 cm³/mol. The summed E-state index contributed by atoms with van der Waals surface area (Å²) >= 11 is 5.87. The first-order valence-electron chi connectivity index (χ1n) is 7.77. The van der Waals surface area contributed by atoms with E-state index in [4.69, 9.17) is 11.6 Å². The fourth-order valence-electron chi connectivity index (χ4n) is 2.14. The minimum Gasteiger partial charge on any atom is -0.383 e. The number of carbonyl (C=O) groups is 1. The summed E-state index contributed by atoms with van der Waals surface area (Å²) in [6.45, 7) is 4.84. The largest absolute Gasteiger partial charge is 0.383 e. The second-order valence-electron chi connectivity index (χ2n) is 5.88. The molecule has 1 aromatic carbocycles. The zero-order chi connectivity index (χ0) is 16.7. The van der Waals surface area contributed by atoms with Gasteiger partial charge in [-0.25, -0.2) is 4.98 Å². The maximum Gasteiger partial charge on any atom is 0.225 e. The van der Waals surface area contributed by atoms with Crippen molar-refractivity contribution in [1.29, 1.82) is 0 Å². The molecule has 0 aliphatic carbocycles. The van der Waals surface area contributed by atoms with E-state index in [9.17, 15) is 4.79 Å². The van der Waals surface area contributed by atoms with Crippen LogP contribution >= 0.6 is 11.6 Å². The number of amides is 1. The normalized spacial score (nSPS) is 10.6. The number of rotatable bonds is 7. The van der Waals surface area contributed by atoms with Crippen LogP contribution in [0, 0.1) is 5.92 Å². The summed E-state index contributed by atoms with van der Waals surface area (Å²) in [6, 6.07) is 11.6. The maximum absolute atomic E-state index is 11.7. The summed E-state index contributed by atoms with van der Waals surface area (Å²) in [6.07, 6.45) is 3.14. The molecule has 2 N–H and O–H groups in total. The van der Waals surface area contributed by atoms with E-state index in [1.54, 1.807) is 6.20 Å². The summed E-state index contributed by atoms with van der Waals surface area (Å²) in [5, 5.41) is 6.86. The lowest BCUT2D eigenvalue weighted by atomic mass is 10.1. The van der Waals surface area contributed by atoms with E-state index >= 15 is 0 Å². The Bertz CT molecular complexity index is 624. The van der Waals surface area contributed by atoms with Crippen LogP contribution in [-0.4, -0.2) is 17.4 Å². The van der Waals surface area contributed by atoms with Crippen molar-refractivity contribution in [2.75, 3.05) is 17.2 Å². The van der Waals surface area contributed by atoms with Crippen molar-refractivity contribution in [3.63, 3.8) is 0 Å². The topological polar surface area (TPSA) is 54.0 Å². The third-order valence-corrected chi connectivity index (χ3v) is 3.53. The van der Waals surface area contributed by atoms with Crippen molar-refractivity contribution < 1.29 is 4.79 Å². The third-order valence-electron chi connectivity index (χ3n) is 3.28. The van der Waals surface area contributed by atoms with Crippen molar-refractivity contribution in [2.45, 2.75) is 26.7 Å². The van der Waals surface area contributed by atoms with Crippen LogP contribution in [0.1, 0.15) is 25.8 Å². The Morgan fingerprint density at radius 2 is 1.91 bits per heavy atom. The van der Waals surface area contributed by atoms with E-state index in [0.717, 1.165) is 23.7 Å². The van der Waals surface area contributed by atoms with Crippen molar-refractivity contribution in [3.8, 4) is 0 Å². The molecule has 4 nitrogen and oxygen atoms in total. The number of nitrogens with one attached hydrogen (secondary N) is 2. The Kier molecular flexibility index (Phi) is 6.41. The number of anilines is 2. The van der Waals surface area contributed by atoms with Crippen molar-refractivity contribution in [1.82, 2.24) is 4.98 Å². The van der Waals surface area contributed by atoms with Gasteiger partial charge in [0.15, 0.2) is 0 Å². The minimum absolute atomic E-state index is 0.00375. The number of nitrogens with zero attached hydrogens (tertiary/aromatic N) is 1. The molecule has 1 heterocycles. The molecule has 0 saturated heterocycles. The lowest BCUT2D eigenvalue weighted by Crippen LogP contribution is -2.14. The Hall–Kier alpha value is -2.07. The molecule has 0 aliphatic rings. The zero-order valence-corrected chi connectivity index (χ0v) is 14.2. The van der Waals surface area contributed by atoms with Crippen LogP contribution < -0.4 is 10.6 Å². The summed E-state index contributed by atoms with van der Waals surface area (Å²) in [5.41, 5.74) is 2.16. The van der Waals surface area contributed by atoms with Gasteiger partial charge in [-0.3, -0.25) is 4.79 Å². The molecule has 2 aromatic rings. The highest BCUT2D eigenvalue weighted by Crippen LogP contribution is 2.12. The Morgan fingerprint density at radius 3 is 2.52 bits per heavy atom. The van der Waals surface area contributed by atoms with Gasteiger partial charge in [0.2, 0.25) is 5.91 Å². The number of hydrogen-bond donors (Lipinski definition) is 2. The minimum atomic E-state index is -0.00375. The van der Waals surface area contributed by atoms with Crippen molar-refractivity contribution in [3.05, 3.63) is 53.2 Å². The molecule has 0 bridgehead atoms. The van der Waals surface area contributed by atoms with Crippen LogP contribution in [0.2, 0.25) is 5.02 Å². The Labute approximate surface area is 142 Å². The fraction of sp³-hybridized carbons (Fsp3) is 0.333. The molecule has 0 fully saturated rings. The van der Waals surface area contributed by atoms with Crippen LogP contribution in [0.15, 0.2) is 42.6 Å². The lowest BCUT2D eigenvalue weighted by Gasteiger charge is -2.09. The highest BCUT2D eigenvalue weighted by molar-refractivity contribution is 6.30. The average Bonchev–Trinajstić information content (AvgIpc) is 2.50. The van der Waals surface area contributed by atoms with Gasteiger partial charge < -0.3 is 10.6 Å². The van der Waals surface area contributed by atoms with E-state index in [1.165, 1.54) is 5.56 Å². The maximum atomic E-state index is 11.7. The predicted octanol–water partition coefficient (Wildman–Crippen LogP) is 4.37. The van der Waals surface area contributed by atoms with Crippen LogP contribution in [0.25, 0.3) is 0 Å². The van der Waals surface area contributed by atoms with Gasteiger partial charge in [-0.1, -0.05) is 37.6 Å². The summed E-state index contributed by atoms with van der Waals surface area (Å²) in [5.74, 6) is 0.915. The first-order chi connectivity index (χ1) is 11.0. The quantitative estimate of drug-likeness (QED) is 0.792. The van der Waals surface area contributed by atoms with Gasteiger partial charge in [0.05, 0.1) is 11.9 Å². The Balaban J connectivity index is 1.78. The van der Waals surface area contributed by atoms with E-state index in [1.807, 2.05) is 50.2 Å². The van der Waals surface area contributed by atoms with Gasteiger partial charge in [0.1, 0.15) is 5.82 Å². The molecule has 0 radical (unpaired) electrons. The van der Waals surface area contributed by atoms with E-state index < -0.39 is 0 Å². The number of aromatic nitrogens is 1. The first-order valence-corrected chi connectivity index (χ1v) is 8.15. The SMILES string of the molecule is CC(C)CC(=O)Nc1ccc(NCCc2ccc(Cl)cc2)cn1. The number of carbonyl (C=O) groups excluding carboxylic acids is 1. The van der Waals surface area contributed by atoms with Gasteiger partial charge in [0.25, 0.3) is 0 Å². The summed E-state index contributed by atoms with van der Waals surface area (Å²) in [4.78, 5) is 15.9. The van der Waals surface area contributed by atoms with E-state index in [-0.39, 0.29) is 5.91 Å². The van der Waals surface area contributed by atoms with E-state index in [2.05, 4.69) is 15.6 Å². The molecule has 0 atom stereocenters. The molecule has 0 unspecified atom stereocenters. The van der Waals surface area contributed by atoms with Crippen LogP contribution in [0.5, 0.6) is 0 Å². The second kappa shape index (κ2) is 8.53. The van der Waals surface area contributed by atoms with Gasteiger partial charge in [-0.15, -0.1) is 0 Å². The molecule has 0 spiro atoms. The van der Waals surface area contributed by atoms with E-state index in [0.29, 0.717) is 18.2 Å². The van der Waals surface area contributed by atoms with Crippen LogP contribution in [0.4, 0.5) is 11.5 Å². The number of hydrogen-bond acceptors (Lipinski definition) is 3. The van der Waals surface area contributed by atoms with Crippen LogP contribution in [-0.2, 0) is 11.2 Å². The third kappa shape index (κ3) is 6.28. The lowest BCUT2D eigenvalue weighted by molar-refractivity contribution is -0.116. The smallest absolute Gasteiger partial charge is 0.225 e.